The average molecular weight is 255 g/mol. The third-order valence-electron chi connectivity index (χ3n) is 4.11. The summed E-state index contributed by atoms with van der Waals surface area (Å²) < 4.78 is 0. The van der Waals surface area contributed by atoms with Gasteiger partial charge < -0.3 is 15.5 Å². The van der Waals surface area contributed by atoms with Crippen molar-refractivity contribution < 1.29 is 4.79 Å². The second kappa shape index (κ2) is 4.80. The minimum atomic E-state index is -0.0584. The van der Waals surface area contributed by atoms with E-state index in [0.29, 0.717) is 4.99 Å². The molecule has 0 saturated carbocycles. The highest BCUT2D eigenvalue weighted by atomic mass is 32.1. The van der Waals surface area contributed by atoms with Gasteiger partial charge in [-0.05, 0) is 25.7 Å². The van der Waals surface area contributed by atoms with E-state index in [1.165, 1.54) is 0 Å². The molecule has 2 aliphatic heterocycles. The van der Waals surface area contributed by atoms with Crippen LogP contribution >= 0.6 is 12.2 Å². The van der Waals surface area contributed by atoms with E-state index in [1.54, 1.807) is 0 Å². The van der Waals surface area contributed by atoms with E-state index in [-0.39, 0.29) is 11.4 Å². The number of carbonyl (C=O) groups is 1. The Morgan fingerprint density at radius 2 is 1.59 bits per heavy atom. The summed E-state index contributed by atoms with van der Waals surface area (Å²) in [7, 11) is 0. The van der Waals surface area contributed by atoms with Crippen molar-refractivity contribution in [3.8, 4) is 0 Å². The summed E-state index contributed by atoms with van der Waals surface area (Å²) in [4.78, 5) is 16.7. The van der Waals surface area contributed by atoms with Crippen LogP contribution in [0.15, 0.2) is 0 Å². The van der Waals surface area contributed by atoms with Crippen molar-refractivity contribution in [3.63, 3.8) is 0 Å². The fourth-order valence-electron chi connectivity index (χ4n) is 2.55. The van der Waals surface area contributed by atoms with Gasteiger partial charge in [-0.15, -0.1) is 0 Å². The van der Waals surface area contributed by atoms with Crippen molar-refractivity contribution in [3.05, 3.63) is 0 Å². The number of nitrogens with two attached hydrogens (primary N) is 1. The third kappa shape index (κ3) is 2.54. The van der Waals surface area contributed by atoms with Crippen LogP contribution < -0.4 is 5.73 Å². The molecular weight excluding hydrogens is 234 g/mol. The van der Waals surface area contributed by atoms with Crippen LogP contribution in [0.3, 0.4) is 0 Å². The summed E-state index contributed by atoms with van der Waals surface area (Å²) in [5.74, 6) is 0. The highest BCUT2D eigenvalue weighted by molar-refractivity contribution is 7.80. The van der Waals surface area contributed by atoms with Crippen LogP contribution in [0.25, 0.3) is 0 Å². The summed E-state index contributed by atoms with van der Waals surface area (Å²) in [6, 6.07) is 0.201. The molecule has 2 rings (SSSR count). The van der Waals surface area contributed by atoms with Gasteiger partial charge in [0.1, 0.15) is 0 Å². The maximum absolute atomic E-state index is 12.2. The summed E-state index contributed by atoms with van der Waals surface area (Å²) in [6.45, 7) is 5.50. The van der Waals surface area contributed by atoms with E-state index in [9.17, 15) is 4.79 Å². The molecule has 2 saturated heterocycles. The SMILES string of the molecule is CC1(C(N)=S)CCN(C(=O)N2CCCC2)CC1. The molecule has 0 bridgehead atoms. The summed E-state index contributed by atoms with van der Waals surface area (Å²) in [5, 5.41) is 0. The van der Waals surface area contributed by atoms with Gasteiger partial charge in [-0.2, -0.15) is 0 Å². The Kier molecular flexibility index (Phi) is 3.56. The molecule has 2 amide bonds. The Hall–Kier alpha value is -0.840. The van der Waals surface area contributed by atoms with Crippen molar-refractivity contribution >= 4 is 23.2 Å². The lowest BCUT2D eigenvalue weighted by Crippen LogP contribution is -2.50. The first-order valence-corrected chi connectivity index (χ1v) is 6.77. The van der Waals surface area contributed by atoms with E-state index in [1.807, 2.05) is 9.80 Å². The molecule has 2 heterocycles. The quantitative estimate of drug-likeness (QED) is 0.724. The number of piperidine rings is 1. The molecule has 0 aliphatic carbocycles. The Morgan fingerprint density at radius 3 is 2.06 bits per heavy atom. The second-order valence-electron chi connectivity index (χ2n) is 5.39. The highest BCUT2D eigenvalue weighted by Gasteiger charge is 2.35. The molecule has 0 atom stereocenters. The van der Waals surface area contributed by atoms with Crippen molar-refractivity contribution in [2.24, 2.45) is 11.1 Å². The van der Waals surface area contributed by atoms with Gasteiger partial charge in [0.2, 0.25) is 0 Å². The fraction of sp³-hybridized carbons (Fsp3) is 0.833. The lowest BCUT2D eigenvalue weighted by atomic mass is 9.80. The van der Waals surface area contributed by atoms with E-state index in [4.69, 9.17) is 18.0 Å². The number of carbonyl (C=O) groups excluding carboxylic acids is 1. The predicted octanol–water partition coefficient (Wildman–Crippen LogP) is 1.59. The molecule has 17 heavy (non-hydrogen) atoms. The molecule has 2 aliphatic rings. The van der Waals surface area contributed by atoms with Gasteiger partial charge in [0.05, 0.1) is 4.99 Å². The van der Waals surface area contributed by atoms with Gasteiger partial charge in [-0.1, -0.05) is 19.1 Å². The lowest BCUT2D eigenvalue weighted by Gasteiger charge is -2.39. The third-order valence-corrected chi connectivity index (χ3v) is 4.60. The minimum Gasteiger partial charge on any atom is -0.393 e. The van der Waals surface area contributed by atoms with E-state index in [2.05, 4.69) is 6.92 Å². The molecule has 0 aromatic rings. The number of hydrogen-bond acceptors (Lipinski definition) is 2. The number of likely N-dealkylation sites (tertiary alicyclic amines) is 2. The molecule has 0 spiro atoms. The molecule has 0 aromatic heterocycles. The van der Waals surface area contributed by atoms with Crippen LogP contribution in [0.4, 0.5) is 4.79 Å². The van der Waals surface area contributed by atoms with Crippen LogP contribution in [-0.4, -0.2) is 47.0 Å². The zero-order chi connectivity index (χ0) is 12.5. The van der Waals surface area contributed by atoms with Gasteiger partial charge >= 0.3 is 6.03 Å². The topological polar surface area (TPSA) is 49.6 Å². The number of amides is 2. The summed E-state index contributed by atoms with van der Waals surface area (Å²) in [6.07, 6.45) is 4.07. The maximum Gasteiger partial charge on any atom is 0.319 e. The van der Waals surface area contributed by atoms with Crippen molar-refractivity contribution in [1.29, 1.82) is 0 Å². The Bertz CT molecular complexity index is 318. The normalized spacial score (nSPS) is 23.8. The number of hydrogen-bond donors (Lipinski definition) is 1. The summed E-state index contributed by atoms with van der Waals surface area (Å²) >= 11 is 5.10. The van der Waals surface area contributed by atoms with Gasteiger partial charge in [0, 0.05) is 31.6 Å². The van der Waals surface area contributed by atoms with Gasteiger partial charge in [0.15, 0.2) is 0 Å². The van der Waals surface area contributed by atoms with Crippen LogP contribution in [0.2, 0.25) is 0 Å². The summed E-state index contributed by atoms with van der Waals surface area (Å²) in [5.41, 5.74) is 5.70. The second-order valence-corrected chi connectivity index (χ2v) is 5.83. The van der Waals surface area contributed by atoms with Crippen LogP contribution in [-0.2, 0) is 0 Å². The monoisotopic (exact) mass is 255 g/mol. The van der Waals surface area contributed by atoms with E-state index < -0.39 is 0 Å². The predicted molar refractivity (Wildman–Crippen MR) is 71.9 cm³/mol. The lowest BCUT2D eigenvalue weighted by molar-refractivity contribution is 0.133. The van der Waals surface area contributed by atoms with Crippen molar-refractivity contribution in [1.82, 2.24) is 9.80 Å². The Labute approximate surface area is 108 Å². The molecule has 2 fully saturated rings. The van der Waals surface area contributed by atoms with Gasteiger partial charge in [-0.3, -0.25) is 0 Å². The Morgan fingerprint density at radius 1 is 1.12 bits per heavy atom. The molecule has 0 unspecified atom stereocenters. The molecule has 96 valence electrons. The first-order chi connectivity index (χ1) is 8.03. The van der Waals surface area contributed by atoms with E-state index >= 15 is 0 Å². The van der Waals surface area contributed by atoms with Crippen molar-refractivity contribution in [2.45, 2.75) is 32.6 Å². The van der Waals surface area contributed by atoms with E-state index in [0.717, 1.165) is 51.9 Å². The number of thiocarbonyl (C=S) groups is 1. The molecule has 4 nitrogen and oxygen atoms in total. The van der Waals surface area contributed by atoms with Gasteiger partial charge in [-0.25, -0.2) is 4.79 Å². The first kappa shape index (κ1) is 12.6. The number of urea groups is 1. The van der Waals surface area contributed by atoms with Crippen LogP contribution in [0.1, 0.15) is 32.6 Å². The zero-order valence-electron chi connectivity index (χ0n) is 10.4. The zero-order valence-corrected chi connectivity index (χ0v) is 11.3. The minimum absolute atomic E-state index is 0.0584. The van der Waals surface area contributed by atoms with Crippen molar-refractivity contribution in [2.75, 3.05) is 26.2 Å². The number of nitrogens with zero attached hydrogens (tertiary/aromatic N) is 2. The molecule has 5 heteroatoms. The standard InChI is InChI=1S/C12H21N3OS/c1-12(10(13)17)4-8-15(9-5-12)11(16)14-6-2-3-7-14/h2-9H2,1H3,(H2,13,17). The van der Waals surface area contributed by atoms with Gasteiger partial charge in [0.25, 0.3) is 0 Å². The fourth-order valence-corrected chi connectivity index (χ4v) is 2.75. The maximum atomic E-state index is 12.2. The highest BCUT2D eigenvalue weighted by Crippen LogP contribution is 2.31. The largest absolute Gasteiger partial charge is 0.393 e. The smallest absolute Gasteiger partial charge is 0.319 e. The molecule has 0 radical (unpaired) electrons. The van der Waals surface area contributed by atoms with Crippen LogP contribution in [0.5, 0.6) is 0 Å². The average Bonchev–Trinajstić information content (AvgIpc) is 2.82. The Balaban J connectivity index is 1.90. The number of rotatable bonds is 1. The van der Waals surface area contributed by atoms with Crippen LogP contribution in [0, 0.1) is 5.41 Å². The first-order valence-electron chi connectivity index (χ1n) is 6.37. The molecular formula is C12H21N3OS. The molecule has 2 N–H and O–H groups in total. The molecule has 0 aromatic carbocycles.